The average Bonchev–Trinajstić information content (AvgIpc) is 2.20. The largest absolute Gasteiger partial charge is 0.377 e. The number of carbonyl (C=O) groups excluding carboxylic acids is 1. The number of ether oxygens (including phenoxy) is 1. The molecule has 0 spiro atoms. The molecule has 1 aliphatic rings. The van der Waals surface area contributed by atoms with Crippen molar-refractivity contribution in [2.75, 3.05) is 13.2 Å². The number of aromatic nitrogens is 2. The third-order valence-corrected chi connectivity index (χ3v) is 3.70. The first kappa shape index (κ1) is 12.4. The van der Waals surface area contributed by atoms with Gasteiger partial charge in [-0.15, -0.1) is 0 Å². The summed E-state index contributed by atoms with van der Waals surface area (Å²) in [6.07, 6.45) is 0.214. The molecule has 1 fully saturated rings. The van der Waals surface area contributed by atoms with E-state index in [0.29, 0.717) is 19.0 Å². The quantitative estimate of drug-likeness (QED) is 0.901. The first-order valence-electron chi connectivity index (χ1n) is 5.43. The molecule has 6 heteroatoms. The summed E-state index contributed by atoms with van der Waals surface area (Å²) in [6, 6.07) is 0.153. The summed E-state index contributed by atoms with van der Waals surface area (Å²) in [7, 11) is 0. The molecule has 1 saturated heterocycles. The van der Waals surface area contributed by atoms with Crippen LogP contribution in [0.2, 0.25) is 0 Å². The Morgan fingerprint density at radius 1 is 1.41 bits per heavy atom. The molecule has 17 heavy (non-hydrogen) atoms. The van der Waals surface area contributed by atoms with Gasteiger partial charge in [0.15, 0.2) is 0 Å². The Labute approximate surface area is 108 Å². The molecule has 5 nitrogen and oxygen atoms in total. The predicted molar refractivity (Wildman–Crippen MR) is 65.7 cm³/mol. The Kier molecular flexibility index (Phi) is 3.73. The zero-order valence-corrected chi connectivity index (χ0v) is 11.4. The van der Waals surface area contributed by atoms with E-state index in [-0.39, 0.29) is 18.4 Å². The van der Waals surface area contributed by atoms with Gasteiger partial charge in [-0.2, -0.15) is 0 Å². The molecule has 1 N–H and O–H groups in total. The molecule has 1 aromatic rings. The minimum absolute atomic E-state index is 0.0561. The van der Waals surface area contributed by atoms with Crippen LogP contribution in [-0.4, -0.2) is 35.1 Å². The second-order valence-electron chi connectivity index (χ2n) is 4.10. The van der Waals surface area contributed by atoms with Crippen molar-refractivity contribution >= 4 is 21.8 Å². The molecule has 2 rings (SSSR count). The summed E-state index contributed by atoms with van der Waals surface area (Å²) in [4.78, 5) is 20.2. The van der Waals surface area contributed by atoms with Crippen LogP contribution in [0.15, 0.2) is 4.47 Å². The summed E-state index contributed by atoms with van der Waals surface area (Å²) in [5.41, 5.74) is 1.71. The highest BCUT2D eigenvalue weighted by atomic mass is 79.9. The Bertz CT molecular complexity index is 423. The number of halogens is 1. The highest BCUT2D eigenvalue weighted by Crippen LogP contribution is 2.17. The van der Waals surface area contributed by atoms with Crippen molar-refractivity contribution in [1.29, 1.82) is 0 Å². The van der Waals surface area contributed by atoms with Gasteiger partial charge in [-0.3, -0.25) is 4.79 Å². The third-order valence-electron chi connectivity index (χ3n) is 2.55. The summed E-state index contributed by atoms with van der Waals surface area (Å²) in [6.45, 7) is 4.98. The van der Waals surface area contributed by atoms with E-state index in [1.165, 1.54) is 0 Å². The summed E-state index contributed by atoms with van der Waals surface area (Å²) < 4.78 is 5.89. The zero-order chi connectivity index (χ0) is 12.4. The SMILES string of the molecule is Cc1nc(CC(=O)NC2COC2)nc(C)c1Br. The van der Waals surface area contributed by atoms with Crippen LogP contribution in [-0.2, 0) is 16.0 Å². The van der Waals surface area contributed by atoms with E-state index in [1.807, 2.05) is 13.8 Å². The maximum Gasteiger partial charge on any atom is 0.228 e. The van der Waals surface area contributed by atoms with Crippen molar-refractivity contribution in [3.05, 3.63) is 21.7 Å². The number of amides is 1. The molecule has 92 valence electrons. The number of hydrogen-bond donors (Lipinski definition) is 1. The number of nitrogens with zero attached hydrogens (tertiary/aromatic N) is 2. The minimum Gasteiger partial charge on any atom is -0.377 e. The van der Waals surface area contributed by atoms with Crippen LogP contribution < -0.4 is 5.32 Å². The molecule has 0 aliphatic carbocycles. The number of hydrogen-bond acceptors (Lipinski definition) is 4. The Morgan fingerprint density at radius 3 is 2.47 bits per heavy atom. The van der Waals surface area contributed by atoms with E-state index >= 15 is 0 Å². The van der Waals surface area contributed by atoms with Gasteiger partial charge in [0, 0.05) is 0 Å². The minimum atomic E-state index is -0.0561. The van der Waals surface area contributed by atoms with Crippen molar-refractivity contribution in [3.8, 4) is 0 Å². The maximum absolute atomic E-state index is 11.7. The van der Waals surface area contributed by atoms with Gasteiger partial charge >= 0.3 is 0 Å². The maximum atomic E-state index is 11.7. The van der Waals surface area contributed by atoms with E-state index in [1.54, 1.807) is 0 Å². The van der Waals surface area contributed by atoms with Crippen molar-refractivity contribution in [3.63, 3.8) is 0 Å². The molecule has 1 amide bonds. The fourth-order valence-electron chi connectivity index (χ4n) is 1.59. The lowest BCUT2D eigenvalue weighted by Gasteiger charge is -2.26. The predicted octanol–water partition coefficient (Wildman–Crippen LogP) is 0.913. The van der Waals surface area contributed by atoms with Gasteiger partial charge in [0.2, 0.25) is 5.91 Å². The molecule has 0 radical (unpaired) electrons. The van der Waals surface area contributed by atoms with Gasteiger partial charge < -0.3 is 10.1 Å². The number of aryl methyl sites for hydroxylation is 2. The van der Waals surface area contributed by atoms with Crippen molar-refractivity contribution in [1.82, 2.24) is 15.3 Å². The molecule has 0 unspecified atom stereocenters. The molecule has 1 aromatic heterocycles. The Morgan fingerprint density at radius 2 is 2.00 bits per heavy atom. The molecule has 0 saturated carbocycles. The molecule has 1 aliphatic heterocycles. The van der Waals surface area contributed by atoms with Gasteiger partial charge in [-0.1, -0.05) is 0 Å². The van der Waals surface area contributed by atoms with E-state index in [0.717, 1.165) is 15.9 Å². The smallest absolute Gasteiger partial charge is 0.228 e. The second kappa shape index (κ2) is 5.10. The lowest BCUT2D eigenvalue weighted by molar-refractivity contribution is -0.124. The fraction of sp³-hybridized carbons (Fsp3) is 0.545. The summed E-state index contributed by atoms with van der Waals surface area (Å²) >= 11 is 3.40. The molecular formula is C11H14BrN3O2. The summed E-state index contributed by atoms with van der Waals surface area (Å²) in [5, 5.41) is 2.86. The van der Waals surface area contributed by atoms with Gasteiger partial charge in [0.05, 0.1) is 41.5 Å². The molecule has 0 aromatic carbocycles. The van der Waals surface area contributed by atoms with Crippen LogP contribution >= 0.6 is 15.9 Å². The van der Waals surface area contributed by atoms with Crippen LogP contribution in [0.25, 0.3) is 0 Å². The third kappa shape index (κ3) is 3.01. The van der Waals surface area contributed by atoms with Crippen molar-refractivity contribution < 1.29 is 9.53 Å². The molecule has 0 bridgehead atoms. The first-order valence-corrected chi connectivity index (χ1v) is 6.22. The Hall–Kier alpha value is -1.01. The molecule has 0 atom stereocenters. The highest BCUT2D eigenvalue weighted by Gasteiger charge is 2.21. The van der Waals surface area contributed by atoms with Crippen molar-refractivity contribution in [2.24, 2.45) is 0 Å². The van der Waals surface area contributed by atoms with Crippen LogP contribution in [0, 0.1) is 13.8 Å². The van der Waals surface area contributed by atoms with Gasteiger partial charge in [0.1, 0.15) is 5.82 Å². The molecular weight excluding hydrogens is 286 g/mol. The van der Waals surface area contributed by atoms with Gasteiger partial charge in [0.25, 0.3) is 0 Å². The fourth-order valence-corrected chi connectivity index (χ4v) is 1.77. The van der Waals surface area contributed by atoms with E-state index < -0.39 is 0 Å². The number of rotatable bonds is 3. The standard InChI is InChI=1S/C11H14BrN3O2/c1-6-11(12)7(2)14-9(13-6)3-10(16)15-8-4-17-5-8/h8H,3-5H2,1-2H3,(H,15,16). The molecule has 2 heterocycles. The lowest BCUT2D eigenvalue weighted by Crippen LogP contribution is -2.49. The van der Waals surface area contributed by atoms with Crippen LogP contribution in [0.1, 0.15) is 17.2 Å². The first-order chi connectivity index (χ1) is 8.06. The van der Waals surface area contributed by atoms with Gasteiger partial charge in [-0.05, 0) is 29.8 Å². The van der Waals surface area contributed by atoms with E-state index in [2.05, 4.69) is 31.2 Å². The van der Waals surface area contributed by atoms with Crippen LogP contribution in [0.3, 0.4) is 0 Å². The number of nitrogens with one attached hydrogen (secondary N) is 1. The highest BCUT2D eigenvalue weighted by molar-refractivity contribution is 9.10. The van der Waals surface area contributed by atoms with E-state index in [4.69, 9.17) is 4.74 Å². The van der Waals surface area contributed by atoms with Crippen LogP contribution in [0.4, 0.5) is 0 Å². The Balaban J connectivity index is 2.00. The monoisotopic (exact) mass is 299 g/mol. The average molecular weight is 300 g/mol. The van der Waals surface area contributed by atoms with Gasteiger partial charge in [-0.25, -0.2) is 9.97 Å². The van der Waals surface area contributed by atoms with Crippen molar-refractivity contribution in [2.45, 2.75) is 26.3 Å². The normalized spacial score (nSPS) is 15.5. The van der Waals surface area contributed by atoms with E-state index in [9.17, 15) is 4.79 Å². The zero-order valence-electron chi connectivity index (χ0n) is 9.79. The second-order valence-corrected chi connectivity index (χ2v) is 4.90. The van der Waals surface area contributed by atoms with Crippen LogP contribution in [0.5, 0.6) is 0 Å². The summed E-state index contributed by atoms with van der Waals surface area (Å²) in [5.74, 6) is 0.500. The topological polar surface area (TPSA) is 64.1 Å². The number of carbonyl (C=O) groups is 1. The lowest BCUT2D eigenvalue weighted by atomic mass is 10.2.